The second kappa shape index (κ2) is 9.49. The van der Waals surface area contributed by atoms with Gasteiger partial charge >= 0.3 is 0 Å². The summed E-state index contributed by atoms with van der Waals surface area (Å²) in [6.45, 7) is 0.693. The Labute approximate surface area is 178 Å². The molecule has 0 unspecified atom stereocenters. The minimum absolute atomic E-state index is 0.0206. The smallest absolute Gasteiger partial charge is 0.243 e. The molecule has 0 spiro atoms. The summed E-state index contributed by atoms with van der Waals surface area (Å²) in [5, 5.41) is 3.01. The molecule has 1 aliphatic carbocycles. The van der Waals surface area contributed by atoms with Crippen LogP contribution in [-0.2, 0) is 16.6 Å². The molecule has 0 saturated heterocycles. The molecule has 1 N–H and O–H groups in total. The Kier molecular flexibility index (Phi) is 6.33. The van der Waals surface area contributed by atoms with Crippen molar-refractivity contribution in [2.75, 3.05) is 6.54 Å². The molecule has 4 heteroatoms. The van der Waals surface area contributed by atoms with E-state index in [4.69, 9.17) is 0 Å². The number of amides is 1. The van der Waals surface area contributed by atoms with Crippen LogP contribution in [0.15, 0.2) is 85.3 Å². The first-order valence-electron chi connectivity index (χ1n) is 10.6. The van der Waals surface area contributed by atoms with Gasteiger partial charge in [0.05, 0.1) is 5.69 Å². The fourth-order valence-corrected chi connectivity index (χ4v) is 3.80. The van der Waals surface area contributed by atoms with Gasteiger partial charge in [-0.25, -0.2) is 0 Å². The number of benzene rings is 1. The lowest BCUT2D eigenvalue weighted by molar-refractivity contribution is -0.116. The number of carbonyl (C=O) groups excluding carboxylic acids is 1. The molecule has 1 fully saturated rings. The van der Waals surface area contributed by atoms with Crippen LogP contribution in [0.2, 0.25) is 0 Å². The van der Waals surface area contributed by atoms with E-state index in [1.807, 2.05) is 42.7 Å². The molecule has 1 aliphatic rings. The number of aryl methyl sites for hydroxylation is 1. The summed E-state index contributed by atoms with van der Waals surface area (Å²) in [7, 11) is 0. The molecule has 0 bridgehead atoms. The Morgan fingerprint density at radius 1 is 1.00 bits per heavy atom. The van der Waals surface area contributed by atoms with Crippen molar-refractivity contribution >= 4 is 5.91 Å². The van der Waals surface area contributed by atoms with Gasteiger partial charge in [-0.15, -0.1) is 0 Å². The second-order valence-corrected chi connectivity index (χ2v) is 7.86. The molecule has 152 valence electrons. The minimum Gasteiger partial charge on any atom is -0.353 e. The molecule has 4 nitrogen and oxygen atoms in total. The van der Waals surface area contributed by atoms with Crippen molar-refractivity contribution in [2.24, 2.45) is 0 Å². The quantitative estimate of drug-likeness (QED) is 0.414. The van der Waals surface area contributed by atoms with Crippen molar-refractivity contribution in [3.05, 3.63) is 96.5 Å². The van der Waals surface area contributed by atoms with Gasteiger partial charge in [0.1, 0.15) is 0 Å². The Morgan fingerprint density at radius 2 is 1.83 bits per heavy atom. The van der Waals surface area contributed by atoms with Gasteiger partial charge in [0.25, 0.3) is 0 Å². The minimum atomic E-state index is -0.0723. The van der Waals surface area contributed by atoms with E-state index in [0.717, 1.165) is 43.4 Å². The summed E-state index contributed by atoms with van der Waals surface area (Å²) in [6, 6.07) is 18.4. The topological polar surface area (TPSA) is 54.9 Å². The SMILES string of the molecule is O=C(/C=C/C1(c2cccnc2-c2ccccc2)CC1)NCCCCc1cccnc1. The van der Waals surface area contributed by atoms with E-state index in [1.54, 1.807) is 12.3 Å². The highest BCUT2D eigenvalue weighted by atomic mass is 16.1. The first kappa shape index (κ1) is 20.0. The van der Waals surface area contributed by atoms with Crippen molar-refractivity contribution in [3.8, 4) is 11.3 Å². The fourth-order valence-electron chi connectivity index (χ4n) is 3.80. The summed E-state index contributed by atoms with van der Waals surface area (Å²) in [4.78, 5) is 21.1. The van der Waals surface area contributed by atoms with Crippen LogP contribution in [0.3, 0.4) is 0 Å². The fraction of sp³-hybridized carbons (Fsp3) is 0.269. The van der Waals surface area contributed by atoms with E-state index in [0.29, 0.717) is 6.54 Å². The lowest BCUT2D eigenvalue weighted by Crippen LogP contribution is -2.22. The normalized spacial score (nSPS) is 14.5. The number of unbranched alkanes of at least 4 members (excludes halogenated alkanes) is 1. The van der Waals surface area contributed by atoms with Crippen LogP contribution in [0.4, 0.5) is 0 Å². The Bertz CT molecular complexity index is 995. The maximum atomic E-state index is 12.3. The molecule has 3 aromatic rings. The highest BCUT2D eigenvalue weighted by Crippen LogP contribution is 2.51. The average molecular weight is 398 g/mol. The number of allylic oxidation sites excluding steroid dienone is 1. The largest absolute Gasteiger partial charge is 0.353 e. The first-order chi connectivity index (χ1) is 14.8. The summed E-state index contributed by atoms with van der Waals surface area (Å²) in [5.74, 6) is -0.0206. The highest BCUT2D eigenvalue weighted by Gasteiger charge is 2.43. The second-order valence-electron chi connectivity index (χ2n) is 7.86. The van der Waals surface area contributed by atoms with Gasteiger partial charge in [0.2, 0.25) is 5.91 Å². The van der Waals surface area contributed by atoms with Gasteiger partial charge in [0.15, 0.2) is 0 Å². The van der Waals surface area contributed by atoms with Gasteiger partial charge in [0, 0.05) is 36.1 Å². The Morgan fingerprint density at radius 3 is 2.60 bits per heavy atom. The number of nitrogens with one attached hydrogen (secondary N) is 1. The maximum Gasteiger partial charge on any atom is 0.243 e. The van der Waals surface area contributed by atoms with Crippen LogP contribution in [0.1, 0.15) is 36.8 Å². The van der Waals surface area contributed by atoms with E-state index in [9.17, 15) is 4.79 Å². The molecule has 0 aliphatic heterocycles. The van der Waals surface area contributed by atoms with Gasteiger partial charge in [-0.3, -0.25) is 14.8 Å². The zero-order valence-electron chi connectivity index (χ0n) is 17.1. The predicted octanol–water partition coefficient (Wildman–Crippen LogP) is 4.87. The average Bonchev–Trinajstić information content (AvgIpc) is 3.60. The lowest BCUT2D eigenvalue weighted by Gasteiger charge is -2.15. The van der Waals surface area contributed by atoms with Crippen LogP contribution in [0.25, 0.3) is 11.3 Å². The molecule has 2 heterocycles. The standard InChI is InChI=1S/C26H27N3O/c30-24(28-18-5-4-8-21-9-6-17-27-20-21)13-14-26(15-16-26)23-12-7-19-29-25(23)22-10-2-1-3-11-22/h1-3,6-7,9-14,17,19-20H,4-5,8,15-16,18H2,(H,28,30)/b14-13+. The summed E-state index contributed by atoms with van der Waals surface area (Å²) >= 11 is 0. The van der Waals surface area contributed by atoms with E-state index in [-0.39, 0.29) is 11.3 Å². The zero-order valence-corrected chi connectivity index (χ0v) is 17.1. The summed E-state index contributed by atoms with van der Waals surface area (Å²) < 4.78 is 0. The third kappa shape index (κ3) is 5.01. The first-order valence-corrected chi connectivity index (χ1v) is 10.6. The van der Waals surface area contributed by atoms with Crippen LogP contribution in [0.5, 0.6) is 0 Å². The molecular formula is C26H27N3O. The molecule has 2 aromatic heterocycles. The predicted molar refractivity (Wildman–Crippen MR) is 120 cm³/mol. The monoisotopic (exact) mass is 397 g/mol. The molecule has 0 radical (unpaired) electrons. The lowest BCUT2D eigenvalue weighted by atomic mass is 9.91. The molecule has 1 saturated carbocycles. The third-order valence-corrected chi connectivity index (χ3v) is 5.65. The molecule has 1 aromatic carbocycles. The van der Waals surface area contributed by atoms with Gasteiger partial charge in [-0.05, 0) is 61.4 Å². The summed E-state index contributed by atoms with van der Waals surface area (Å²) in [6.07, 6.45) is 14.4. The molecular weight excluding hydrogens is 370 g/mol. The number of aromatic nitrogens is 2. The third-order valence-electron chi connectivity index (χ3n) is 5.65. The van der Waals surface area contributed by atoms with Crippen LogP contribution < -0.4 is 5.32 Å². The zero-order chi connectivity index (χ0) is 20.7. The van der Waals surface area contributed by atoms with E-state index in [2.05, 4.69) is 45.6 Å². The van der Waals surface area contributed by atoms with Crippen molar-refractivity contribution in [1.29, 1.82) is 0 Å². The highest BCUT2D eigenvalue weighted by molar-refractivity contribution is 5.88. The Hall–Kier alpha value is -3.27. The Balaban J connectivity index is 1.31. The van der Waals surface area contributed by atoms with Gasteiger partial charge < -0.3 is 5.32 Å². The van der Waals surface area contributed by atoms with Crippen molar-refractivity contribution in [2.45, 2.75) is 37.5 Å². The van der Waals surface area contributed by atoms with Crippen molar-refractivity contribution in [3.63, 3.8) is 0 Å². The number of hydrogen-bond acceptors (Lipinski definition) is 3. The van der Waals surface area contributed by atoms with Gasteiger partial charge in [-0.2, -0.15) is 0 Å². The van der Waals surface area contributed by atoms with E-state index >= 15 is 0 Å². The number of rotatable bonds is 9. The number of carbonyl (C=O) groups is 1. The number of nitrogens with zero attached hydrogens (tertiary/aromatic N) is 2. The maximum absolute atomic E-state index is 12.3. The molecule has 30 heavy (non-hydrogen) atoms. The van der Waals surface area contributed by atoms with E-state index < -0.39 is 0 Å². The number of hydrogen-bond donors (Lipinski definition) is 1. The van der Waals surface area contributed by atoms with Crippen LogP contribution >= 0.6 is 0 Å². The van der Waals surface area contributed by atoms with Crippen LogP contribution in [-0.4, -0.2) is 22.4 Å². The molecule has 0 atom stereocenters. The molecule has 4 rings (SSSR count). The summed E-state index contributed by atoms with van der Waals surface area (Å²) in [5.41, 5.74) is 4.50. The van der Waals surface area contributed by atoms with Crippen LogP contribution in [0, 0.1) is 0 Å². The van der Waals surface area contributed by atoms with Crippen molar-refractivity contribution in [1.82, 2.24) is 15.3 Å². The van der Waals surface area contributed by atoms with E-state index in [1.165, 1.54) is 11.1 Å². The van der Waals surface area contributed by atoms with Crippen molar-refractivity contribution < 1.29 is 4.79 Å². The van der Waals surface area contributed by atoms with Gasteiger partial charge in [-0.1, -0.05) is 48.5 Å². The molecule has 1 amide bonds. The number of pyridine rings is 2.